The van der Waals surface area contributed by atoms with E-state index in [9.17, 15) is 9.59 Å². The molecule has 0 radical (unpaired) electrons. The Morgan fingerprint density at radius 2 is 1.50 bits per heavy atom. The average Bonchev–Trinajstić information content (AvgIpc) is 2.64. The van der Waals surface area contributed by atoms with E-state index in [2.05, 4.69) is 0 Å². The van der Waals surface area contributed by atoms with Crippen molar-refractivity contribution in [1.82, 2.24) is 9.80 Å². The van der Waals surface area contributed by atoms with Crippen molar-refractivity contribution in [3.63, 3.8) is 0 Å². The second-order valence-corrected chi connectivity index (χ2v) is 7.20. The monoisotopic (exact) mass is 328 g/mol. The third-order valence-corrected chi connectivity index (χ3v) is 5.37. The molecular weight excluding hydrogens is 300 g/mol. The van der Waals surface area contributed by atoms with Gasteiger partial charge in [0.25, 0.3) is 0 Å². The first-order chi connectivity index (χ1) is 11.6. The van der Waals surface area contributed by atoms with E-state index in [4.69, 9.17) is 0 Å². The maximum absolute atomic E-state index is 12.6. The van der Waals surface area contributed by atoms with Crippen LogP contribution in [0.15, 0.2) is 24.3 Å². The van der Waals surface area contributed by atoms with Gasteiger partial charge in [-0.05, 0) is 25.3 Å². The lowest BCUT2D eigenvalue weighted by Crippen LogP contribution is -2.52. The molecule has 0 spiro atoms. The topological polar surface area (TPSA) is 40.6 Å². The normalized spacial score (nSPS) is 19.4. The summed E-state index contributed by atoms with van der Waals surface area (Å²) < 4.78 is 0. The largest absolute Gasteiger partial charge is 0.339 e. The number of carbonyl (C=O) groups excluding carboxylic acids is 2. The molecule has 24 heavy (non-hydrogen) atoms. The van der Waals surface area contributed by atoms with Crippen molar-refractivity contribution < 1.29 is 9.59 Å². The van der Waals surface area contributed by atoms with Crippen molar-refractivity contribution in [3.05, 3.63) is 35.4 Å². The first-order valence-electron chi connectivity index (χ1n) is 9.25. The van der Waals surface area contributed by atoms with Gasteiger partial charge in [-0.2, -0.15) is 0 Å². The predicted molar refractivity (Wildman–Crippen MR) is 94.6 cm³/mol. The Labute approximate surface area is 144 Å². The van der Waals surface area contributed by atoms with Gasteiger partial charge in [0.15, 0.2) is 0 Å². The molecule has 1 aliphatic heterocycles. The molecule has 1 heterocycles. The van der Waals surface area contributed by atoms with Crippen molar-refractivity contribution in [2.45, 2.75) is 45.4 Å². The minimum atomic E-state index is 0.170. The van der Waals surface area contributed by atoms with Crippen LogP contribution in [0.4, 0.5) is 0 Å². The van der Waals surface area contributed by atoms with Gasteiger partial charge in [-0.3, -0.25) is 9.59 Å². The van der Waals surface area contributed by atoms with Crippen molar-refractivity contribution in [1.29, 1.82) is 0 Å². The number of benzene rings is 1. The summed E-state index contributed by atoms with van der Waals surface area (Å²) in [5.41, 5.74) is 2.27. The molecule has 0 unspecified atom stereocenters. The van der Waals surface area contributed by atoms with E-state index in [-0.39, 0.29) is 11.8 Å². The van der Waals surface area contributed by atoms with Crippen LogP contribution in [-0.4, -0.2) is 47.8 Å². The Balaban J connectivity index is 1.48. The summed E-state index contributed by atoms with van der Waals surface area (Å²) in [6.45, 7) is 4.77. The van der Waals surface area contributed by atoms with Crippen LogP contribution in [0, 0.1) is 12.8 Å². The van der Waals surface area contributed by atoms with Gasteiger partial charge in [0.1, 0.15) is 0 Å². The Morgan fingerprint density at radius 1 is 0.917 bits per heavy atom. The molecule has 1 aromatic rings. The van der Waals surface area contributed by atoms with E-state index < -0.39 is 0 Å². The number of amides is 2. The zero-order chi connectivity index (χ0) is 16.9. The SMILES string of the molecule is Cc1ccc(CC(=O)N2CCN(C(=O)C3CCCCC3)CC2)cc1. The molecule has 4 nitrogen and oxygen atoms in total. The molecular formula is C20H28N2O2. The Hall–Kier alpha value is -1.84. The Kier molecular flexibility index (Phi) is 5.54. The van der Waals surface area contributed by atoms with Crippen LogP contribution in [0.5, 0.6) is 0 Å². The second kappa shape index (κ2) is 7.82. The molecule has 1 saturated heterocycles. The van der Waals surface area contributed by atoms with E-state index in [1.807, 2.05) is 41.0 Å². The molecule has 130 valence electrons. The minimum absolute atomic E-state index is 0.170. The van der Waals surface area contributed by atoms with Gasteiger partial charge in [-0.25, -0.2) is 0 Å². The summed E-state index contributed by atoms with van der Waals surface area (Å²) in [7, 11) is 0. The van der Waals surface area contributed by atoms with E-state index >= 15 is 0 Å². The van der Waals surface area contributed by atoms with Gasteiger partial charge in [0.2, 0.25) is 11.8 Å². The number of carbonyl (C=O) groups is 2. The number of rotatable bonds is 3. The third-order valence-electron chi connectivity index (χ3n) is 5.37. The van der Waals surface area contributed by atoms with E-state index in [1.54, 1.807) is 0 Å². The number of nitrogens with zero attached hydrogens (tertiary/aromatic N) is 2. The van der Waals surface area contributed by atoms with Gasteiger partial charge in [-0.15, -0.1) is 0 Å². The molecule has 1 aromatic carbocycles. The van der Waals surface area contributed by atoms with Gasteiger partial charge < -0.3 is 9.80 Å². The molecule has 4 heteroatoms. The molecule has 0 aromatic heterocycles. The highest BCUT2D eigenvalue weighted by atomic mass is 16.2. The summed E-state index contributed by atoms with van der Waals surface area (Å²) in [6, 6.07) is 8.14. The van der Waals surface area contributed by atoms with Crippen LogP contribution in [0.2, 0.25) is 0 Å². The Morgan fingerprint density at radius 3 is 2.12 bits per heavy atom. The van der Waals surface area contributed by atoms with E-state index in [0.29, 0.717) is 38.5 Å². The summed E-state index contributed by atoms with van der Waals surface area (Å²) >= 11 is 0. The van der Waals surface area contributed by atoms with Crippen molar-refractivity contribution in [2.24, 2.45) is 5.92 Å². The lowest BCUT2D eigenvalue weighted by molar-refractivity contribution is -0.142. The van der Waals surface area contributed by atoms with Crippen LogP contribution in [0.1, 0.15) is 43.2 Å². The minimum Gasteiger partial charge on any atom is -0.339 e. The molecule has 0 bridgehead atoms. The maximum Gasteiger partial charge on any atom is 0.227 e. The molecule has 2 aliphatic rings. The molecule has 0 N–H and O–H groups in total. The molecule has 2 fully saturated rings. The molecule has 3 rings (SSSR count). The fourth-order valence-corrected chi connectivity index (χ4v) is 3.78. The summed E-state index contributed by atoms with van der Waals surface area (Å²) in [5.74, 6) is 0.720. The third kappa shape index (κ3) is 4.16. The van der Waals surface area contributed by atoms with Crippen LogP contribution in [0.3, 0.4) is 0 Å². The number of piperazine rings is 1. The van der Waals surface area contributed by atoms with E-state index in [1.165, 1.54) is 24.8 Å². The smallest absolute Gasteiger partial charge is 0.227 e. The number of hydrogen-bond acceptors (Lipinski definition) is 2. The van der Waals surface area contributed by atoms with Gasteiger partial charge >= 0.3 is 0 Å². The molecule has 1 aliphatic carbocycles. The fraction of sp³-hybridized carbons (Fsp3) is 0.600. The highest BCUT2D eigenvalue weighted by Crippen LogP contribution is 2.25. The summed E-state index contributed by atoms with van der Waals surface area (Å²) in [5, 5.41) is 0. The van der Waals surface area contributed by atoms with Gasteiger partial charge in [0.05, 0.1) is 6.42 Å². The first kappa shape index (κ1) is 17.0. The zero-order valence-electron chi connectivity index (χ0n) is 14.7. The van der Waals surface area contributed by atoms with Crippen LogP contribution >= 0.6 is 0 Å². The number of aryl methyl sites for hydroxylation is 1. The lowest BCUT2D eigenvalue weighted by Gasteiger charge is -2.37. The van der Waals surface area contributed by atoms with Gasteiger partial charge in [0, 0.05) is 32.1 Å². The quantitative estimate of drug-likeness (QED) is 0.856. The second-order valence-electron chi connectivity index (χ2n) is 7.20. The summed E-state index contributed by atoms with van der Waals surface area (Å²) in [6.07, 6.45) is 6.19. The van der Waals surface area contributed by atoms with Crippen molar-refractivity contribution in [3.8, 4) is 0 Å². The Bertz CT molecular complexity index is 568. The predicted octanol–water partition coefficient (Wildman–Crippen LogP) is 2.79. The van der Waals surface area contributed by atoms with Crippen LogP contribution in [0.25, 0.3) is 0 Å². The fourth-order valence-electron chi connectivity index (χ4n) is 3.78. The molecule has 2 amide bonds. The van der Waals surface area contributed by atoms with Gasteiger partial charge in [-0.1, -0.05) is 49.1 Å². The average molecular weight is 328 g/mol. The molecule has 1 saturated carbocycles. The summed E-state index contributed by atoms with van der Waals surface area (Å²) in [4.78, 5) is 28.9. The zero-order valence-corrected chi connectivity index (χ0v) is 14.7. The first-order valence-corrected chi connectivity index (χ1v) is 9.25. The lowest BCUT2D eigenvalue weighted by atomic mass is 9.88. The molecule has 0 atom stereocenters. The van der Waals surface area contributed by atoms with Crippen LogP contribution in [-0.2, 0) is 16.0 Å². The van der Waals surface area contributed by atoms with Crippen LogP contribution < -0.4 is 0 Å². The standard InChI is InChI=1S/C20H28N2O2/c1-16-7-9-17(10-8-16)15-19(23)21-11-13-22(14-12-21)20(24)18-5-3-2-4-6-18/h7-10,18H,2-6,11-15H2,1H3. The highest BCUT2D eigenvalue weighted by molar-refractivity contribution is 5.81. The highest BCUT2D eigenvalue weighted by Gasteiger charge is 2.29. The van der Waals surface area contributed by atoms with Crippen molar-refractivity contribution >= 4 is 11.8 Å². The number of hydrogen-bond donors (Lipinski definition) is 0. The van der Waals surface area contributed by atoms with Crippen molar-refractivity contribution in [2.75, 3.05) is 26.2 Å². The maximum atomic E-state index is 12.6. The van der Waals surface area contributed by atoms with E-state index in [0.717, 1.165) is 18.4 Å².